The highest BCUT2D eigenvalue weighted by molar-refractivity contribution is 5.94. The third kappa shape index (κ3) is 8.63. The van der Waals surface area contributed by atoms with Crippen LogP contribution in [0.4, 0.5) is 29.7 Å². The van der Waals surface area contributed by atoms with Gasteiger partial charge in [-0.25, -0.2) is 28.0 Å². The highest BCUT2D eigenvalue weighted by Gasteiger charge is 2.35. The van der Waals surface area contributed by atoms with Crippen LogP contribution < -0.4 is 25.3 Å². The van der Waals surface area contributed by atoms with Gasteiger partial charge in [-0.1, -0.05) is 0 Å². The molecule has 2 saturated heterocycles. The van der Waals surface area contributed by atoms with E-state index in [1.807, 2.05) is 4.90 Å². The van der Waals surface area contributed by atoms with Crippen molar-refractivity contribution in [2.24, 2.45) is 5.92 Å². The molecule has 2 N–H and O–H groups in total. The molecule has 0 bridgehead atoms. The number of aromatic carboxylic acids is 1. The number of halogens is 2. The SMILES string of the molecule is CC(NC(=O)OC(C)(C)C)C(=O)OCC1CN(c2ccc(OCC3CCN(c4cc5c(cc4F)c(=O)c(C(=O)O)cn5C4CC4)CC3)c(F)c2)C(=O)O1. The average Bonchev–Trinajstić information content (AvgIpc) is 3.87. The molecule has 284 valence electrons. The minimum absolute atomic E-state index is 0.0000462. The van der Waals surface area contributed by atoms with Gasteiger partial charge in [0, 0.05) is 36.8 Å². The molecule has 14 nitrogen and oxygen atoms in total. The summed E-state index contributed by atoms with van der Waals surface area (Å²) in [7, 11) is 0. The number of cyclic esters (lactones) is 1. The number of pyridine rings is 1. The predicted octanol–water partition coefficient (Wildman–Crippen LogP) is 5.39. The van der Waals surface area contributed by atoms with Crippen molar-refractivity contribution in [2.75, 3.05) is 42.6 Å². The fourth-order valence-electron chi connectivity index (χ4n) is 6.39. The van der Waals surface area contributed by atoms with Crippen LogP contribution in [0, 0.1) is 17.6 Å². The van der Waals surface area contributed by atoms with Gasteiger partial charge in [0.1, 0.15) is 29.6 Å². The van der Waals surface area contributed by atoms with Crippen molar-refractivity contribution in [1.29, 1.82) is 0 Å². The minimum atomic E-state index is -1.35. The number of hydrogen-bond donors (Lipinski definition) is 2. The Morgan fingerprint density at radius 3 is 2.38 bits per heavy atom. The smallest absolute Gasteiger partial charge is 0.414 e. The summed E-state index contributed by atoms with van der Waals surface area (Å²) in [5.41, 5.74) is -0.772. The molecule has 6 rings (SSSR count). The summed E-state index contributed by atoms with van der Waals surface area (Å²) in [4.78, 5) is 64.4. The van der Waals surface area contributed by atoms with E-state index in [9.17, 15) is 29.1 Å². The maximum atomic E-state index is 15.4. The fourth-order valence-corrected chi connectivity index (χ4v) is 6.39. The number of carboxylic acid groups (broad SMARTS) is 1. The second-order valence-electron chi connectivity index (χ2n) is 14.6. The van der Waals surface area contributed by atoms with Crippen LogP contribution in [-0.2, 0) is 19.0 Å². The number of anilines is 2. The van der Waals surface area contributed by atoms with Crippen molar-refractivity contribution >= 4 is 46.4 Å². The molecule has 2 unspecified atom stereocenters. The normalized spacial score (nSPS) is 18.5. The van der Waals surface area contributed by atoms with Crippen LogP contribution in [0.25, 0.3) is 10.9 Å². The van der Waals surface area contributed by atoms with Crippen molar-refractivity contribution in [2.45, 2.75) is 77.2 Å². The monoisotopic (exact) mass is 740 g/mol. The second kappa shape index (κ2) is 14.9. The third-order valence-corrected chi connectivity index (χ3v) is 9.30. The summed E-state index contributed by atoms with van der Waals surface area (Å²) >= 11 is 0. The molecule has 1 aliphatic carbocycles. The van der Waals surface area contributed by atoms with Crippen molar-refractivity contribution in [3.05, 3.63) is 63.9 Å². The van der Waals surface area contributed by atoms with Gasteiger partial charge in [-0.3, -0.25) is 9.69 Å². The van der Waals surface area contributed by atoms with Crippen LogP contribution in [0.1, 0.15) is 69.8 Å². The van der Waals surface area contributed by atoms with Gasteiger partial charge in [-0.05, 0) is 83.6 Å². The zero-order valence-electron chi connectivity index (χ0n) is 29.9. The molecule has 3 heterocycles. The van der Waals surface area contributed by atoms with Crippen LogP contribution in [0.15, 0.2) is 41.3 Å². The predicted molar refractivity (Wildman–Crippen MR) is 188 cm³/mol. The lowest BCUT2D eigenvalue weighted by Crippen LogP contribution is -2.43. The molecule has 0 spiro atoms. The summed E-state index contributed by atoms with van der Waals surface area (Å²) < 4.78 is 53.7. The number of hydrogen-bond acceptors (Lipinski definition) is 10. The molecule has 2 atom stereocenters. The Balaban J connectivity index is 0.997. The molecule has 3 fully saturated rings. The lowest BCUT2D eigenvalue weighted by atomic mass is 9.97. The van der Waals surface area contributed by atoms with E-state index in [0.717, 1.165) is 25.0 Å². The number of benzene rings is 2. The molecule has 3 aliphatic rings. The van der Waals surface area contributed by atoms with Crippen molar-refractivity contribution in [3.8, 4) is 5.75 Å². The Hall–Kier alpha value is -5.41. The number of alkyl carbamates (subject to hydrolysis) is 1. The Kier molecular flexibility index (Phi) is 10.5. The molecule has 0 radical (unpaired) electrons. The number of carbonyl (C=O) groups is 4. The van der Waals surface area contributed by atoms with E-state index in [0.29, 0.717) is 37.1 Å². The number of piperidine rings is 1. The number of rotatable bonds is 11. The number of nitrogens with zero attached hydrogens (tertiary/aromatic N) is 3. The molecule has 2 aromatic carbocycles. The van der Waals surface area contributed by atoms with Crippen LogP contribution >= 0.6 is 0 Å². The topological polar surface area (TPSA) is 166 Å². The largest absolute Gasteiger partial charge is 0.490 e. The number of nitrogens with one attached hydrogen (secondary N) is 1. The molecular formula is C37H42F2N4O10. The number of carboxylic acids is 1. The molecular weight excluding hydrogens is 698 g/mol. The molecule has 1 aromatic heterocycles. The summed E-state index contributed by atoms with van der Waals surface area (Å²) in [6.07, 6.45) is 1.97. The van der Waals surface area contributed by atoms with Crippen LogP contribution in [0.3, 0.4) is 0 Å². The minimum Gasteiger partial charge on any atom is -0.490 e. The highest BCUT2D eigenvalue weighted by Crippen LogP contribution is 2.38. The maximum absolute atomic E-state index is 15.4. The summed E-state index contributed by atoms with van der Waals surface area (Å²) in [5.74, 6) is -3.33. The van der Waals surface area contributed by atoms with Crippen molar-refractivity contribution in [1.82, 2.24) is 9.88 Å². The van der Waals surface area contributed by atoms with E-state index in [-0.39, 0.29) is 54.1 Å². The number of esters is 1. The zero-order valence-corrected chi connectivity index (χ0v) is 29.9. The van der Waals surface area contributed by atoms with Gasteiger partial charge in [0.2, 0.25) is 5.43 Å². The highest BCUT2D eigenvalue weighted by atomic mass is 19.1. The molecule has 1 saturated carbocycles. The quantitative estimate of drug-likeness (QED) is 0.191. The summed E-state index contributed by atoms with van der Waals surface area (Å²) in [6.45, 7) is 7.41. The van der Waals surface area contributed by atoms with Crippen molar-refractivity contribution < 1.29 is 52.0 Å². The van der Waals surface area contributed by atoms with Gasteiger partial charge in [0.15, 0.2) is 17.7 Å². The van der Waals surface area contributed by atoms with E-state index >= 15 is 8.78 Å². The van der Waals surface area contributed by atoms with Crippen LogP contribution in [-0.4, -0.2) is 84.4 Å². The number of ether oxygens (including phenoxy) is 4. The van der Waals surface area contributed by atoms with Gasteiger partial charge in [0.25, 0.3) is 0 Å². The number of carbonyl (C=O) groups excluding carboxylic acids is 3. The molecule has 53 heavy (non-hydrogen) atoms. The van der Waals surface area contributed by atoms with Crippen LogP contribution in [0.5, 0.6) is 5.75 Å². The van der Waals surface area contributed by atoms with E-state index in [2.05, 4.69) is 5.32 Å². The first kappa shape index (κ1) is 37.4. The van der Waals surface area contributed by atoms with Gasteiger partial charge in [-0.2, -0.15) is 0 Å². The van der Waals surface area contributed by atoms with E-state index in [4.69, 9.17) is 18.9 Å². The summed E-state index contributed by atoms with van der Waals surface area (Å²) in [5, 5.41) is 11.9. The first-order valence-electron chi connectivity index (χ1n) is 17.5. The number of amides is 2. The van der Waals surface area contributed by atoms with E-state index in [1.54, 1.807) is 31.4 Å². The van der Waals surface area contributed by atoms with Gasteiger partial charge >= 0.3 is 24.1 Å². The second-order valence-corrected chi connectivity index (χ2v) is 14.6. The third-order valence-electron chi connectivity index (χ3n) is 9.30. The Labute approximate surface area is 303 Å². The Morgan fingerprint density at radius 1 is 1.02 bits per heavy atom. The first-order valence-corrected chi connectivity index (χ1v) is 17.5. The van der Waals surface area contributed by atoms with Gasteiger partial charge in [-0.15, -0.1) is 0 Å². The lowest BCUT2D eigenvalue weighted by molar-refractivity contribution is -0.148. The standard InChI is InChI=1S/C37H42F2N4O10/c1-20(40-35(48)53-37(2,3)4)34(47)51-19-24-16-43(36(49)52-24)23-7-8-31(28(39)13-23)50-18-21-9-11-41(12-10-21)30-15-29-25(14-27(30)38)32(44)26(33(45)46)17-42(29)22-5-6-22/h7-8,13-15,17,20-22,24H,5-6,9-12,16,18-19H2,1-4H3,(H,40,48)(H,45,46). The summed E-state index contributed by atoms with van der Waals surface area (Å²) in [6, 6.07) is 5.91. The Bertz CT molecular complexity index is 1980. The zero-order chi connectivity index (χ0) is 38.2. The molecule has 3 aromatic rings. The van der Waals surface area contributed by atoms with Crippen LogP contribution in [0.2, 0.25) is 0 Å². The Morgan fingerprint density at radius 2 is 1.74 bits per heavy atom. The number of aromatic nitrogens is 1. The van der Waals surface area contributed by atoms with Gasteiger partial charge < -0.3 is 38.8 Å². The molecule has 2 aliphatic heterocycles. The molecule has 2 amide bonds. The first-order chi connectivity index (χ1) is 25.1. The van der Waals surface area contributed by atoms with Crippen molar-refractivity contribution in [3.63, 3.8) is 0 Å². The maximum Gasteiger partial charge on any atom is 0.414 e. The number of fused-ring (bicyclic) bond motifs is 1. The fraction of sp³-hybridized carbons (Fsp3) is 0.486. The molecule has 16 heteroatoms. The van der Waals surface area contributed by atoms with E-state index < -0.39 is 58.9 Å². The van der Waals surface area contributed by atoms with Gasteiger partial charge in [0.05, 0.1) is 30.0 Å². The lowest BCUT2D eigenvalue weighted by Gasteiger charge is -2.34. The van der Waals surface area contributed by atoms with E-state index in [1.165, 1.54) is 30.2 Å². The average molecular weight is 741 g/mol.